The summed E-state index contributed by atoms with van der Waals surface area (Å²) in [5, 5.41) is 3.36. The molecule has 0 saturated carbocycles. The Morgan fingerprint density at radius 1 is 1.08 bits per heavy atom. The Bertz CT molecular complexity index is 530. The first kappa shape index (κ1) is 20.6. The molecule has 1 fully saturated rings. The summed E-state index contributed by atoms with van der Waals surface area (Å²) in [4.78, 5) is 12.5. The number of esters is 1. The van der Waals surface area contributed by atoms with Crippen LogP contribution >= 0.6 is 12.4 Å². The number of carbonyl (C=O) groups excluding carboxylic acids is 1. The standard InChI is InChI=1S/C18H27NO4.ClH/c1-4-21-14-11-15(18(20)23-6-3)17(16(12-14)22-5-2)13-7-9-19-10-8-13;/h11-13,19H,4-10H2,1-3H3;1H. The molecule has 0 atom stereocenters. The van der Waals surface area contributed by atoms with Crippen LogP contribution in [0.5, 0.6) is 11.5 Å². The molecule has 0 bridgehead atoms. The number of hydrogen-bond donors (Lipinski definition) is 1. The summed E-state index contributed by atoms with van der Waals surface area (Å²) < 4.78 is 16.7. The summed E-state index contributed by atoms with van der Waals surface area (Å²) in [6.07, 6.45) is 1.97. The van der Waals surface area contributed by atoms with Gasteiger partial charge < -0.3 is 19.5 Å². The maximum Gasteiger partial charge on any atom is 0.338 e. The van der Waals surface area contributed by atoms with Gasteiger partial charge in [-0.05, 0) is 58.7 Å². The highest BCUT2D eigenvalue weighted by Crippen LogP contribution is 2.39. The fourth-order valence-corrected chi connectivity index (χ4v) is 3.04. The van der Waals surface area contributed by atoms with Gasteiger partial charge >= 0.3 is 5.97 Å². The third kappa shape index (κ3) is 5.02. The number of ether oxygens (including phenoxy) is 3. The predicted octanol–water partition coefficient (Wildman–Crippen LogP) is 3.55. The molecule has 0 aromatic heterocycles. The van der Waals surface area contributed by atoms with Crippen LogP contribution in [0.25, 0.3) is 0 Å². The average molecular weight is 358 g/mol. The van der Waals surface area contributed by atoms with Crippen molar-refractivity contribution >= 4 is 18.4 Å². The zero-order valence-electron chi connectivity index (χ0n) is 14.7. The minimum absolute atomic E-state index is 0. The van der Waals surface area contributed by atoms with E-state index in [0.29, 0.717) is 37.1 Å². The molecule has 1 N–H and O–H groups in total. The van der Waals surface area contributed by atoms with E-state index in [9.17, 15) is 4.79 Å². The third-order valence-corrected chi connectivity index (χ3v) is 3.97. The quantitative estimate of drug-likeness (QED) is 0.756. The second-order valence-corrected chi connectivity index (χ2v) is 5.49. The summed E-state index contributed by atoms with van der Waals surface area (Å²) in [6, 6.07) is 3.69. The number of benzene rings is 1. The molecule has 1 aromatic rings. The van der Waals surface area contributed by atoms with Crippen LogP contribution in [0.15, 0.2) is 12.1 Å². The number of rotatable bonds is 7. The van der Waals surface area contributed by atoms with Crippen molar-refractivity contribution in [1.29, 1.82) is 0 Å². The molecule has 1 heterocycles. The summed E-state index contributed by atoms with van der Waals surface area (Å²) >= 11 is 0. The van der Waals surface area contributed by atoms with Gasteiger partial charge in [0.2, 0.25) is 0 Å². The third-order valence-electron chi connectivity index (χ3n) is 3.97. The molecule has 24 heavy (non-hydrogen) atoms. The Balaban J connectivity index is 0.00000288. The fourth-order valence-electron chi connectivity index (χ4n) is 3.04. The molecule has 2 rings (SSSR count). The van der Waals surface area contributed by atoms with Crippen molar-refractivity contribution in [3.05, 3.63) is 23.3 Å². The smallest absolute Gasteiger partial charge is 0.338 e. The van der Waals surface area contributed by atoms with Crippen LogP contribution in [0.4, 0.5) is 0 Å². The average Bonchev–Trinajstić information content (AvgIpc) is 2.56. The Labute approximate surface area is 150 Å². The Morgan fingerprint density at radius 3 is 2.33 bits per heavy atom. The number of piperidine rings is 1. The molecule has 5 nitrogen and oxygen atoms in total. The van der Waals surface area contributed by atoms with Crippen molar-refractivity contribution < 1.29 is 19.0 Å². The molecule has 6 heteroatoms. The molecule has 136 valence electrons. The largest absolute Gasteiger partial charge is 0.494 e. The monoisotopic (exact) mass is 357 g/mol. The van der Waals surface area contributed by atoms with Crippen molar-refractivity contribution in [2.24, 2.45) is 0 Å². The van der Waals surface area contributed by atoms with Crippen LogP contribution in [-0.2, 0) is 4.74 Å². The van der Waals surface area contributed by atoms with E-state index in [2.05, 4.69) is 5.32 Å². The van der Waals surface area contributed by atoms with Crippen LogP contribution in [-0.4, -0.2) is 38.9 Å². The highest BCUT2D eigenvalue weighted by atomic mass is 35.5. The molecular formula is C18H28ClNO4. The van der Waals surface area contributed by atoms with E-state index in [1.807, 2.05) is 26.8 Å². The Hall–Kier alpha value is -1.46. The molecule has 0 amide bonds. The first-order valence-corrected chi connectivity index (χ1v) is 8.52. The lowest BCUT2D eigenvalue weighted by molar-refractivity contribution is 0.0523. The van der Waals surface area contributed by atoms with Gasteiger partial charge in [0.25, 0.3) is 0 Å². The Morgan fingerprint density at radius 2 is 1.75 bits per heavy atom. The number of nitrogens with one attached hydrogen (secondary N) is 1. The van der Waals surface area contributed by atoms with Gasteiger partial charge in [-0.2, -0.15) is 0 Å². The maximum absolute atomic E-state index is 12.5. The van der Waals surface area contributed by atoms with Crippen LogP contribution in [0.3, 0.4) is 0 Å². The van der Waals surface area contributed by atoms with Gasteiger partial charge in [0.05, 0.1) is 25.4 Å². The molecule has 0 aliphatic carbocycles. The van der Waals surface area contributed by atoms with E-state index < -0.39 is 0 Å². The minimum Gasteiger partial charge on any atom is -0.494 e. The summed E-state index contributed by atoms with van der Waals surface area (Å²) in [7, 11) is 0. The predicted molar refractivity (Wildman–Crippen MR) is 96.8 cm³/mol. The van der Waals surface area contributed by atoms with Gasteiger partial charge in [-0.15, -0.1) is 12.4 Å². The van der Waals surface area contributed by atoms with Gasteiger partial charge in [0.1, 0.15) is 11.5 Å². The van der Waals surface area contributed by atoms with Crippen LogP contribution < -0.4 is 14.8 Å². The number of halogens is 1. The summed E-state index contributed by atoms with van der Waals surface area (Å²) in [5.74, 6) is 1.39. The Kier molecular flexibility index (Phi) is 8.93. The normalized spacial score (nSPS) is 14.6. The molecule has 0 radical (unpaired) electrons. The van der Waals surface area contributed by atoms with E-state index >= 15 is 0 Å². The fraction of sp³-hybridized carbons (Fsp3) is 0.611. The van der Waals surface area contributed by atoms with E-state index in [0.717, 1.165) is 37.2 Å². The van der Waals surface area contributed by atoms with Crippen LogP contribution in [0, 0.1) is 0 Å². The second-order valence-electron chi connectivity index (χ2n) is 5.49. The first-order chi connectivity index (χ1) is 11.2. The second kappa shape index (κ2) is 10.4. The van der Waals surface area contributed by atoms with Gasteiger partial charge in [-0.1, -0.05) is 0 Å². The SMILES string of the molecule is CCOC(=O)c1cc(OCC)cc(OCC)c1C1CCNCC1.Cl. The van der Waals surface area contributed by atoms with E-state index in [-0.39, 0.29) is 18.4 Å². The molecular weight excluding hydrogens is 330 g/mol. The zero-order chi connectivity index (χ0) is 16.7. The highest BCUT2D eigenvalue weighted by Gasteiger charge is 2.27. The summed E-state index contributed by atoms with van der Waals surface area (Å²) in [6.45, 7) is 9.04. The van der Waals surface area contributed by atoms with E-state index in [4.69, 9.17) is 14.2 Å². The topological polar surface area (TPSA) is 56.8 Å². The number of hydrogen-bond acceptors (Lipinski definition) is 5. The van der Waals surface area contributed by atoms with E-state index in [1.165, 1.54) is 0 Å². The summed E-state index contributed by atoms with van der Waals surface area (Å²) in [5.41, 5.74) is 1.54. The van der Waals surface area contributed by atoms with Gasteiger partial charge in [0, 0.05) is 11.6 Å². The highest BCUT2D eigenvalue weighted by molar-refractivity contribution is 5.93. The van der Waals surface area contributed by atoms with E-state index in [1.54, 1.807) is 6.07 Å². The molecule has 1 aromatic carbocycles. The van der Waals surface area contributed by atoms with Crippen LogP contribution in [0.2, 0.25) is 0 Å². The molecule has 1 aliphatic heterocycles. The molecule has 1 saturated heterocycles. The first-order valence-electron chi connectivity index (χ1n) is 8.52. The van der Waals surface area contributed by atoms with Crippen molar-refractivity contribution in [1.82, 2.24) is 5.32 Å². The molecule has 1 aliphatic rings. The van der Waals surface area contributed by atoms with Gasteiger partial charge in [0.15, 0.2) is 0 Å². The van der Waals surface area contributed by atoms with Crippen molar-refractivity contribution in [3.63, 3.8) is 0 Å². The van der Waals surface area contributed by atoms with Crippen molar-refractivity contribution in [2.75, 3.05) is 32.9 Å². The maximum atomic E-state index is 12.5. The molecule has 0 unspecified atom stereocenters. The lowest BCUT2D eigenvalue weighted by Gasteiger charge is -2.27. The van der Waals surface area contributed by atoms with Crippen molar-refractivity contribution in [2.45, 2.75) is 39.5 Å². The molecule has 0 spiro atoms. The zero-order valence-corrected chi connectivity index (χ0v) is 15.5. The minimum atomic E-state index is -0.302. The van der Waals surface area contributed by atoms with Crippen LogP contribution in [0.1, 0.15) is 55.5 Å². The van der Waals surface area contributed by atoms with Gasteiger partial charge in [-0.25, -0.2) is 4.79 Å². The number of carbonyl (C=O) groups is 1. The lowest BCUT2D eigenvalue weighted by Crippen LogP contribution is -2.28. The van der Waals surface area contributed by atoms with Crippen molar-refractivity contribution in [3.8, 4) is 11.5 Å². The van der Waals surface area contributed by atoms with Gasteiger partial charge in [-0.3, -0.25) is 0 Å². The lowest BCUT2D eigenvalue weighted by atomic mass is 9.86.